The molecule has 2 heterocycles. The first-order chi connectivity index (χ1) is 11.8. The minimum absolute atomic E-state index is 0.0438. The van der Waals surface area contributed by atoms with Gasteiger partial charge >= 0.3 is 0 Å². The monoisotopic (exact) mass is 319 g/mol. The number of hydrogen-bond acceptors (Lipinski definition) is 4. The predicted octanol–water partition coefficient (Wildman–Crippen LogP) is 3.46. The van der Waals surface area contributed by atoms with Crippen LogP contribution in [0.15, 0.2) is 70.2 Å². The molecule has 3 aliphatic rings. The van der Waals surface area contributed by atoms with Crippen LogP contribution >= 0.6 is 0 Å². The summed E-state index contributed by atoms with van der Waals surface area (Å²) in [4.78, 5) is 12.0. The number of likely N-dealkylation sites (tertiary alicyclic amines) is 1. The number of nitrogens with zero attached hydrogens (tertiary/aromatic N) is 3. The van der Waals surface area contributed by atoms with Crippen LogP contribution in [0.1, 0.15) is 24.8 Å². The molecule has 0 saturated carbocycles. The molecule has 122 valence electrons. The molecule has 1 fully saturated rings. The fourth-order valence-electron chi connectivity index (χ4n) is 3.38. The Hall–Kier alpha value is -2.62. The molecular weight excluding hydrogens is 298 g/mol. The molecule has 1 N–H and O–H groups in total. The van der Waals surface area contributed by atoms with Crippen LogP contribution in [-0.2, 0) is 0 Å². The van der Waals surface area contributed by atoms with Crippen LogP contribution in [-0.4, -0.2) is 40.8 Å². The maximum atomic E-state index is 10.2. The molecule has 1 aliphatic carbocycles. The van der Waals surface area contributed by atoms with Crippen LogP contribution in [0, 0.1) is 0 Å². The molecule has 1 aromatic carbocycles. The molecule has 1 unspecified atom stereocenters. The van der Waals surface area contributed by atoms with E-state index in [1.165, 1.54) is 18.4 Å². The SMILES string of the molecule is Oc1ccccc1C1=NC2C=C/C=C\C/C=C\2C(N2CCCC2)=N1. The molecule has 1 atom stereocenters. The molecule has 4 nitrogen and oxygen atoms in total. The van der Waals surface area contributed by atoms with Gasteiger partial charge in [0.05, 0.1) is 11.6 Å². The molecule has 0 aromatic heterocycles. The zero-order chi connectivity index (χ0) is 16.4. The summed E-state index contributed by atoms with van der Waals surface area (Å²) in [7, 11) is 0. The highest BCUT2D eigenvalue weighted by atomic mass is 16.3. The van der Waals surface area contributed by atoms with E-state index in [2.05, 4.69) is 35.3 Å². The van der Waals surface area contributed by atoms with Gasteiger partial charge in [0.2, 0.25) is 0 Å². The van der Waals surface area contributed by atoms with Gasteiger partial charge in [-0.3, -0.25) is 4.99 Å². The second-order valence-corrected chi connectivity index (χ2v) is 6.25. The van der Waals surface area contributed by atoms with Crippen molar-refractivity contribution in [2.45, 2.75) is 25.3 Å². The number of para-hydroxylation sites is 1. The fraction of sp³-hybridized carbons (Fsp3) is 0.300. The van der Waals surface area contributed by atoms with Gasteiger partial charge in [-0.25, -0.2) is 4.99 Å². The van der Waals surface area contributed by atoms with E-state index in [4.69, 9.17) is 9.98 Å². The molecule has 0 amide bonds. The third-order valence-corrected chi connectivity index (χ3v) is 4.62. The number of aliphatic imine (C=N–C) groups is 2. The Balaban J connectivity index is 1.82. The van der Waals surface area contributed by atoms with Gasteiger partial charge in [0.15, 0.2) is 5.84 Å². The second-order valence-electron chi connectivity index (χ2n) is 6.25. The lowest BCUT2D eigenvalue weighted by molar-refractivity contribution is 0.474. The van der Waals surface area contributed by atoms with Crippen molar-refractivity contribution in [3.05, 3.63) is 65.8 Å². The van der Waals surface area contributed by atoms with E-state index in [1.54, 1.807) is 6.07 Å². The van der Waals surface area contributed by atoms with Crippen LogP contribution in [0.25, 0.3) is 0 Å². The summed E-state index contributed by atoms with van der Waals surface area (Å²) in [6.07, 6.45) is 13.9. The molecule has 0 bridgehead atoms. The van der Waals surface area contributed by atoms with Crippen LogP contribution in [0.5, 0.6) is 5.75 Å². The first-order valence-corrected chi connectivity index (χ1v) is 8.56. The van der Waals surface area contributed by atoms with E-state index in [9.17, 15) is 5.11 Å². The van der Waals surface area contributed by atoms with Crippen molar-refractivity contribution in [1.82, 2.24) is 4.90 Å². The van der Waals surface area contributed by atoms with Crippen molar-refractivity contribution in [2.24, 2.45) is 9.98 Å². The van der Waals surface area contributed by atoms with Gasteiger partial charge in [0.1, 0.15) is 11.6 Å². The highest BCUT2D eigenvalue weighted by molar-refractivity contribution is 6.15. The Morgan fingerprint density at radius 1 is 1.08 bits per heavy atom. The van der Waals surface area contributed by atoms with Gasteiger partial charge in [-0.1, -0.05) is 42.5 Å². The standard InChI is InChI=1S/C20H21N3O/c24-18-12-6-5-10-16(18)19-21-17-11-4-2-1-3-9-15(17)20(22-19)23-13-7-8-14-23/h1-2,4-6,9-12,17,24H,3,7-8,13-14H2/b2-1-,11-4?,15-9+. The Morgan fingerprint density at radius 3 is 2.75 bits per heavy atom. The van der Waals surface area contributed by atoms with Crippen molar-refractivity contribution in [2.75, 3.05) is 13.1 Å². The normalized spacial score (nSPS) is 26.6. The van der Waals surface area contributed by atoms with Crippen molar-refractivity contribution in [3.8, 4) is 5.75 Å². The van der Waals surface area contributed by atoms with Gasteiger partial charge in [-0.2, -0.15) is 0 Å². The average molecular weight is 319 g/mol. The zero-order valence-corrected chi connectivity index (χ0v) is 13.6. The third kappa shape index (κ3) is 2.80. The second kappa shape index (κ2) is 6.48. The molecule has 24 heavy (non-hydrogen) atoms. The summed E-state index contributed by atoms with van der Waals surface area (Å²) in [6.45, 7) is 2.08. The number of hydrogen-bond donors (Lipinski definition) is 1. The van der Waals surface area contributed by atoms with E-state index < -0.39 is 0 Å². The van der Waals surface area contributed by atoms with E-state index in [0.717, 1.165) is 25.3 Å². The quantitative estimate of drug-likeness (QED) is 0.862. The highest BCUT2D eigenvalue weighted by Crippen LogP contribution is 2.27. The molecule has 0 spiro atoms. The molecule has 2 aliphatic heterocycles. The molecule has 1 aromatic rings. The Kier molecular flexibility index (Phi) is 4.03. The fourth-order valence-corrected chi connectivity index (χ4v) is 3.38. The molecule has 4 rings (SSSR count). The number of rotatable bonds is 1. The summed E-state index contributed by atoms with van der Waals surface area (Å²) in [6, 6.07) is 7.24. The summed E-state index contributed by atoms with van der Waals surface area (Å²) in [5.41, 5.74) is 1.87. The first kappa shape index (κ1) is 14.9. The summed E-state index contributed by atoms with van der Waals surface area (Å²) >= 11 is 0. The highest BCUT2D eigenvalue weighted by Gasteiger charge is 2.29. The molecular formula is C20H21N3O. The lowest BCUT2D eigenvalue weighted by Crippen LogP contribution is -2.36. The Bertz CT molecular complexity index is 780. The number of aromatic hydroxyl groups is 1. The van der Waals surface area contributed by atoms with Gasteiger partial charge < -0.3 is 10.0 Å². The first-order valence-electron chi connectivity index (χ1n) is 8.56. The number of amidine groups is 2. The van der Waals surface area contributed by atoms with E-state index >= 15 is 0 Å². The maximum absolute atomic E-state index is 10.2. The third-order valence-electron chi connectivity index (χ3n) is 4.62. The summed E-state index contributed by atoms with van der Waals surface area (Å²) < 4.78 is 0. The predicted molar refractivity (Wildman–Crippen MR) is 97.7 cm³/mol. The Labute approximate surface area is 142 Å². The number of fused-ring (bicyclic) bond motifs is 1. The van der Waals surface area contributed by atoms with Crippen LogP contribution in [0.2, 0.25) is 0 Å². The number of allylic oxidation sites excluding steroid dienone is 4. The van der Waals surface area contributed by atoms with Crippen molar-refractivity contribution < 1.29 is 5.11 Å². The summed E-state index contributed by atoms with van der Waals surface area (Å²) in [5.74, 6) is 1.86. The lowest BCUT2D eigenvalue weighted by atomic mass is 9.99. The van der Waals surface area contributed by atoms with E-state index in [1.807, 2.05) is 18.2 Å². The zero-order valence-electron chi connectivity index (χ0n) is 13.6. The Morgan fingerprint density at radius 2 is 1.92 bits per heavy atom. The topological polar surface area (TPSA) is 48.2 Å². The van der Waals surface area contributed by atoms with Gasteiger partial charge in [0.25, 0.3) is 0 Å². The largest absolute Gasteiger partial charge is 0.507 e. The molecule has 1 saturated heterocycles. The van der Waals surface area contributed by atoms with Crippen molar-refractivity contribution in [1.29, 1.82) is 0 Å². The van der Waals surface area contributed by atoms with E-state index in [0.29, 0.717) is 11.4 Å². The van der Waals surface area contributed by atoms with Gasteiger partial charge in [-0.15, -0.1) is 0 Å². The van der Waals surface area contributed by atoms with Crippen LogP contribution in [0.3, 0.4) is 0 Å². The van der Waals surface area contributed by atoms with E-state index in [-0.39, 0.29) is 11.8 Å². The number of benzene rings is 1. The number of phenols is 1. The smallest absolute Gasteiger partial charge is 0.161 e. The molecule has 4 heteroatoms. The van der Waals surface area contributed by atoms with Crippen LogP contribution < -0.4 is 0 Å². The minimum atomic E-state index is -0.0438. The lowest BCUT2D eigenvalue weighted by Gasteiger charge is -2.29. The van der Waals surface area contributed by atoms with Gasteiger partial charge in [0, 0.05) is 18.7 Å². The summed E-state index contributed by atoms with van der Waals surface area (Å²) in [5, 5.41) is 10.2. The van der Waals surface area contributed by atoms with Crippen molar-refractivity contribution in [3.63, 3.8) is 0 Å². The minimum Gasteiger partial charge on any atom is -0.507 e. The average Bonchev–Trinajstić information content (AvgIpc) is 3.10. The number of phenolic OH excluding ortho intramolecular Hbond substituents is 1. The van der Waals surface area contributed by atoms with Crippen LogP contribution in [0.4, 0.5) is 0 Å². The maximum Gasteiger partial charge on any atom is 0.161 e. The molecule has 0 radical (unpaired) electrons. The van der Waals surface area contributed by atoms with Gasteiger partial charge in [-0.05, 0) is 31.4 Å². The van der Waals surface area contributed by atoms with Crippen molar-refractivity contribution >= 4 is 11.7 Å².